The second kappa shape index (κ2) is 10.6. The molecule has 0 radical (unpaired) electrons. The Kier molecular flexibility index (Phi) is 7.92. The van der Waals surface area contributed by atoms with Crippen molar-refractivity contribution in [1.82, 2.24) is 4.90 Å². The number of thioether (sulfide) groups is 1. The summed E-state index contributed by atoms with van der Waals surface area (Å²) >= 11 is 3.00. The topological polar surface area (TPSA) is 37.4 Å². The van der Waals surface area contributed by atoms with Gasteiger partial charge in [0.05, 0.1) is 10.5 Å². The SMILES string of the molecule is CCCCCCCCN1C(=O)C(SCc2ccccc2)=C(c2cccs2)C1=O. The van der Waals surface area contributed by atoms with E-state index in [0.717, 1.165) is 23.3 Å². The van der Waals surface area contributed by atoms with Gasteiger partial charge in [0.15, 0.2) is 0 Å². The molecule has 3 rings (SSSR count). The first-order chi connectivity index (χ1) is 13.7. The zero-order valence-electron chi connectivity index (χ0n) is 16.4. The van der Waals surface area contributed by atoms with E-state index in [1.807, 2.05) is 47.8 Å². The molecular weight excluding hydrogens is 386 g/mol. The molecule has 1 aliphatic heterocycles. The van der Waals surface area contributed by atoms with E-state index in [4.69, 9.17) is 0 Å². The number of imide groups is 1. The summed E-state index contributed by atoms with van der Waals surface area (Å²) in [6.07, 6.45) is 6.83. The van der Waals surface area contributed by atoms with Crippen LogP contribution in [0.5, 0.6) is 0 Å². The molecule has 1 aromatic heterocycles. The van der Waals surface area contributed by atoms with Crippen molar-refractivity contribution in [3.63, 3.8) is 0 Å². The lowest BCUT2D eigenvalue weighted by molar-refractivity contribution is -0.136. The van der Waals surface area contributed by atoms with E-state index < -0.39 is 0 Å². The van der Waals surface area contributed by atoms with Crippen LogP contribution in [0.4, 0.5) is 0 Å². The molecule has 2 heterocycles. The molecule has 0 atom stereocenters. The lowest BCUT2D eigenvalue weighted by Gasteiger charge is -2.14. The first kappa shape index (κ1) is 20.9. The normalized spacial score (nSPS) is 14.4. The highest BCUT2D eigenvalue weighted by atomic mass is 32.2. The number of rotatable bonds is 11. The van der Waals surface area contributed by atoms with E-state index in [1.54, 1.807) is 0 Å². The average molecular weight is 414 g/mol. The highest BCUT2D eigenvalue weighted by Crippen LogP contribution is 2.39. The van der Waals surface area contributed by atoms with E-state index in [1.165, 1.54) is 53.7 Å². The summed E-state index contributed by atoms with van der Waals surface area (Å²) in [4.78, 5) is 29.0. The van der Waals surface area contributed by atoms with Crippen molar-refractivity contribution in [3.8, 4) is 0 Å². The van der Waals surface area contributed by atoms with Crippen LogP contribution in [0.3, 0.4) is 0 Å². The largest absolute Gasteiger partial charge is 0.274 e. The van der Waals surface area contributed by atoms with Crippen LogP contribution in [0.2, 0.25) is 0 Å². The summed E-state index contributed by atoms with van der Waals surface area (Å²) in [6.45, 7) is 2.72. The number of hydrogen-bond donors (Lipinski definition) is 0. The van der Waals surface area contributed by atoms with Gasteiger partial charge in [0.2, 0.25) is 0 Å². The lowest BCUT2D eigenvalue weighted by Crippen LogP contribution is -2.32. The Labute approximate surface area is 175 Å². The van der Waals surface area contributed by atoms with Gasteiger partial charge in [-0.3, -0.25) is 14.5 Å². The molecule has 28 heavy (non-hydrogen) atoms. The fourth-order valence-corrected chi connectivity index (χ4v) is 5.22. The summed E-state index contributed by atoms with van der Waals surface area (Å²) in [5.74, 6) is 0.439. The fourth-order valence-electron chi connectivity index (χ4n) is 3.31. The molecule has 1 aliphatic rings. The molecule has 3 nitrogen and oxygen atoms in total. The Morgan fingerprint density at radius 2 is 1.64 bits per heavy atom. The van der Waals surface area contributed by atoms with Crippen LogP contribution >= 0.6 is 23.1 Å². The average Bonchev–Trinajstić information content (AvgIpc) is 3.31. The van der Waals surface area contributed by atoms with E-state index in [9.17, 15) is 9.59 Å². The van der Waals surface area contributed by atoms with Crippen LogP contribution in [-0.4, -0.2) is 23.3 Å². The Bertz CT molecular complexity index is 812. The fraction of sp³-hybridized carbons (Fsp3) is 0.391. The summed E-state index contributed by atoms with van der Waals surface area (Å²) in [6, 6.07) is 13.9. The number of nitrogens with zero attached hydrogens (tertiary/aromatic N) is 1. The predicted molar refractivity (Wildman–Crippen MR) is 119 cm³/mol. The summed E-state index contributed by atoms with van der Waals surface area (Å²) in [5, 5.41) is 1.95. The van der Waals surface area contributed by atoms with Crippen molar-refractivity contribution < 1.29 is 9.59 Å². The molecule has 0 aliphatic carbocycles. The van der Waals surface area contributed by atoms with E-state index >= 15 is 0 Å². The highest BCUT2D eigenvalue weighted by molar-refractivity contribution is 8.03. The highest BCUT2D eigenvalue weighted by Gasteiger charge is 2.39. The molecule has 0 fully saturated rings. The molecule has 1 aromatic carbocycles. The van der Waals surface area contributed by atoms with Gasteiger partial charge in [0.25, 0.3) is 11.8 Å². The van der Waals surface area contributed by atoms with Crippen molar-refractivity contribution >= 4 is 40.5 Å². The Morgan fingerprint density at radius 3 is 2.36 bits per heavy atom. The van der Waals surface area contributed by atoms with Crippen molar-refractivity contribution in [2.75, 3.05) is 6.54 Å². The smallest absolute Gasteiger partial charge is 0.268 e. The summed E-state index contributed by atoms with van der Waals surface area (Å²) < 4.78 is 0. The third-order valence-corrected chi connectivity index (χ3v) is 6.89. The first-order valence-corrected chi connectivity index (χ1v) is 11.9. The molecule has 5 heteroatoms. The molecule has 0 unspecified atom stereocenters. The number of unbranched alkanes of at least 4 members (excludes halogenated alkanes) is 5. The van der Waals surface area contributed by atoms with Crippen LogP contribution in [0.25, 0.3) is 5.57 Å². The van der Waals surface area contributed by atoms with Gasteiger partial charge in [-0.1, -0.05) is 75.4 Å². The maximum Gasteiger partial charge on any atom is 0.268 e. The van der Waals surface area contributed by atoms with Crippen molar-refractivity contribution in [1.29, 1.82) is 0 Å². The lowest BCUT2D eigenvalue weighted by atomic mass is 10.1. The van der Waals surface area contributed by atoms with Crippen molar-refractivity contribution in [2.24, 2.45) is 0 Å². The monoisotopic (exact) mass is 413 g/mol. The Hall–Kier alpha value is -1.85. The van der Waals surface area contributed by atoms with Crippen LogP contribution in [0.15, 0.2) is 52.7 Å². The molecule has 0 spiro atoms. The molecule has 0 saturated heterocycles. The minimum atomic E-state index is -0.128. The molecule has 0 bridgehead atoms. The molecule has 0 N–H and O–H groups in total. The number of carbonyl (C=O) groups excluding carboxylic acids is 2. The minimum Gasteiger partial charge on any atom is -0.274 e. The van der Waals surface area contributed by atoms with Gasteiger partial charge in [0, 0.05) is 17.2 Å². The summed E-state index contributed by atoms with van der Waals surface area (Å²) in [7, 11) is 0. The van der Waals surface area contributed by atoms with E-state index in [-0.39, 0.29) is 11.8 Å². The van der Waals surface area contributed by atoms with Crippen LogP contribution in [0, 0.1) is 0 Å². The molecule has 148 valence electrons. The zero-order chi connectivity index (χ0) is 19.8. The van der Waals surface area contributed by atoms with Gasteiger partial charge < -0.3 is 0 Å². The quantitative estimate of drug-likeness (QED) is 0.329. The Morgan fingerprint density at radius 1 is 0.893 bits per heavy atom. The molecular formula is C23H27NO2S2. The number of hydrogen-bond acceptors (Lipinski definition) is 4. The van der Waals surface area contributed by atoms with Crippen LogP contribution < -0.4 is 0 Å². The minimum absolute atomic E-state index is 0.122. The standard InChI is InChI=1S/C23H27NO2S2/c1-2-3-4-5-6-10-15-24-22(25)20(19-14-11-16-27-19)21(23(24)26)28-17-18-12-8-7-9-13-18/h7-9,11-14,16H,2-6,10,15,17H2,1H3. The van der Waals surface area contributed by atoms with Gasteiger partial charge >= 0.3 is 0 Å². The number of thiophene rings is 1. The maximum absolute atomic E-state index is 13.0. The van der Waals surface area contributed by atoms with Gasteiger partial charge in [-0.05, 0) is 23.4 Å². The predicted octanol–water partition coefficient (Wildman–Crippen LogP) is 6.12. The number of benzene rings is 1. The van der Waals surface area contributed by atoms with E-state index in [2.05, 4.69) is 6.92 Å². The maximum atomic E-state index is 13.0. The van der Waals surface area contributed by atoms with E-state index in [0.29, 0.717) is 22.8 Å². The third-order valence-electron chi connectivity index (χ3n) is 4.85. The Balaban J connectivity index is 1.68. The van der Waals surface area contributed by atoms with Gasteiger partial charge in [0.1, 0.15) is 0 Å². The number of amides is 2. The van der Waals surface area contributed by atoms with Crippen LogP contribution in [-0.2, 0) is 15.3 Å². The van der Waals surface area contributed by atoms with Crippen molar-refractivity contribution in [2.45, 2.75) is 51.2 Å². The van der Waals surface area contributed by atoms with Crippen LogP contribution in [0.1, 0.15) is 55.9 Å². The number of carbonyl (C=O) groups is 2. The molecule has 2 aromatic rings. The second-order valence-corrected chi connectivity index (χ2v) is 8.92. The van der Waals surface area contributed by atoms with Gasteiger partial charge in [-0.2, -0.15) is 0 Å². The summed E-state index contributed by atoms with van der Waals surface area (Å²) in [5.41, 5.74) is 1.74. The second-order valence-electron chi connectivity index (χ2n) is 6.99. The van der Waals surface area contributed by atoms with Crippen molar-refractivity contribution in [3.05, 3.63) is 63.2 Å². The first-order valence-electron chi connectivity index (χ1n) is 10.0. The molecule has 2 amide bonds. The molecule has 0 saturated carbocycles. The van der Waals surface area contributed by atoms with Gasteiger partial charge in [-0.25, -0.2) is 0 Å². The third kappa shape index (κ3) is 5.15. The van der Waals surface area contributed by atoms with Gasteiger partial charge in [-0.15, -0.1) is 23.1 Å². The zero-order valence-corrected chi connectivity index (χ0v) is 18.0.